The van der Waals surface area contributed by atoms with Crippen molar-refractivity contribution in [1.82, 2.24) is 0 Å². The zero-order valence-corrected chi connectivity index (χ0v) is 51.0. The summed E-state index contributed by atoms with van der Waals surface area (Å²) >= 11 is 0. The second kappa shape index (κ2) is 21.3. The first-order chi connectivity index (χ1) is 41.0. The van der Waals surface area contributed by atoms with E-state index in [1.54, 1.807) is 11.1 Å². The van der Waals surface area contributed by atoms with Crippen LogP contribution in [0.25, 0.3) is 88.0 Å². The second-order valence-corrected chi connectivity index (χ2v) is 26.0. The van der Waals surface area contributed by atoms with Crippen molar-refractivity contribution in [2.75, 3.05) is 4.90 Å². The van der Waals surface area contributed by atoms with Crippen LogP contribution in [0.4, 0.5) is 17.1 Å². The SMILES string of the molecule is CCCCC1(CCCC)c2cc(C)ccc2-c2ccc(N(c3ccc4c(c3)C(CCCC)(CCCC)c3cc(C)ccc3-4)c3ccc4cc(-c5c6ccccc6c(-c6ccc7c(c6)C(C)(C)c6ccccc6-7)c6ccccc56)ccc4c3)cc21. The van der Waals surface area contributed by atoms with Gasteiger partial charge in [-0.15, -0.1) is 0 Å². The van der Waals surface area contributed by atoms with Crippen LogP contribution in [0.3, 0.4) is 0 Å². The highest BCUT2D eigenvalue weighted by Crippen LogP contribution is 2.59. The van der Waals surface area contributed by atoms with Crippen molar-refractivity contribution in [1.29, 1.82) is 0 Å². The van der Waals surface area contributed by atoms with Crippen molar-refractivity contribution in [3.8, 4) is 55.6 Å². The van der Waals surface area contributed by atoms with Gasteiger partial charge in [-0.1, -0.05) is 256 Å². The van der Waals surface area contributed by atoms with Gasteiger partial charge in [0.1, 0.15) is 0 Å². The molecule has 0 saturated carbocycles. The fraction of sp³-hybridized carbons (Fsp3) is 0.277. The number of unbranched alkanes of at least 4 members (excludes halogenated alkanes) is 4. The highest BCUT2D eigenvalue weighted by atomic mass is 15.1. The first-order valence-corrected chi connectivity index (χ1v) is 32.1. The predicted molar refractivity (Wildman–Crippen MR) is 362 cm³/mol. The molecule has 0 fully saturated rings. The van der Waals surface area contributed by atoms with E-state index in [4.69, 9.17) is 0 Å². The number of hydrogen-bond acceptors (Lipinski definition) is 1. The lowest BCUT2D eigenvalue weighted by molar-refractivity contribution is 0.414. The van der Waals surface area contributed by atoms with Crippen molar-refractivity contribution in [2.24, 2.45) is 0 Å². The Morgan fingerprint density at radius 3 is 1.17 bits per heavy atom. The van der Waals surface area contributed by atoms with Crippen LogP contribution in [0.1, 0.15) is 163 Å². The van der Waals surface area contributed by atoms with Gasteiger partial charge in [-0.05, 0) is 209 Å². The summed E-state index contributed by atoms with van der Waals surface area (Å²) in [6.45, 7) is 18.8. The van der Waals surface area contributed by atoms with Gasteiger partial charge < -0.3 is 4.90 Å². The number of benzene rings is 11. The third-order valence-corrected chi connectivity index (χ3v) is 20.5. The Bertz CT molecular complexity index is 4190. The van der Waals surface area contributed by atoms with Gasteiger partial charge in [0.2, 0.25) is 0 Å². The number of nitrogens with zero attached hydrogens (tertiary/aromatic N) is 1. The molecule has 1 nitrogen and oxygen atoms in total. The normalized spacial score (nSPS) is 14.6. The minimum Gasteiger partial charge on any atom is -0.310 e. The lowest BCUT2D eigenvalue weighted by Crippen LogP contribution is -2.26. The van der Waals surface area contributed by atoms with E-state index in [2.05, 4.69) is 260 Å². The topological polar surface area (TPSA) is 3.24 Å². The predicted octanol–water partition coefficient (Wildman–Crippen LogP) is 24.2. The molecular formula is C83H81N. The van der Waals surface area contributed by atoms with Gasteiger partial charge >= 0.3 is 0 Å². The molecule has 0 radical (unpaired) electrons. The molecule has 0 amide bonds. The first-order valence-electron chi connectivity index (χ1n) is 32.1. The van der Waals surface area contributed by atoms with Crippen LogP contribution in [-0.4, -0.2) is 0 Å². The van der Waals surface area contributed by atoms with Crippen LogP contribution in [0.5, 0.6) is 0 Å². The number of fused-ring (bicyclic) bond motifs is 12. The fourth-order valence-electron chi connectivity index (χ4n) is 16.3. The van der Waals surface area contributed by atoms with E-state index < -0.39 is 0 Å². The lowest BCUT2D eigenvalue weighted by Gasteiger charge is -2.35. The highest BCUT2D eigenvalue weighted by Gasteiger charge is 2.45. The quantitative estimate of drug-likeness (QED) is 0.0822. The van der Waals surface area contributed by atoms with Gasteiger partial charge in [-0.25, -0.2) is 0 Å². The molecule has 0 saturated heterocycles. The van der Waals surface area contributed by atoms with E-state index in [9.17, 15) is 0 Å². The Balaban J connectivity index is 0.937. The molecule has 0 atom stereocenters. The molecule has 0 aromatic heterocycles. The van der Waals surface area contributed by atoms with Crippen LogP contribution in [0.2, 0.25) is 0 Å². The molecule has 0 bridgehead atoms. The minimum absolute atomic E-state index is 0.0335. The summed E-state index contributed by atoms with van der Waals surface area (Å²) in [7, 11) is 0. The summed E-state index contributed by atoms with van der Waals surface area (Å²) in [5.74, 6) is 0. The van der Waals surface area contributed by atoms with Gasteiger partial charge in [0.15, 0.2) is 0 Å². The van der Waals surface area contributed by atoms with E-state index in [0.29, 0.717) is 0 Å². The Kier molecular flexibility index (Phi) is 13.7. The van der Waals surface area contributed by atoms with E-state index >= 15 is 0 Å². The number of aryl methyl sites for hydroxylation is 2. The number of hydrogen-bond donors (Lipinski definition) is 0. The summed E-state index contributed by atoms with van der Waals surface area (Å²) < 4.78 is 0. The van der Waals surface area contributed by atoms with Crippen LogP contribution < -0.4 is 4.90 Å². The van der Waals surface area contributed by atoms with Gasteiger partial charge in [-0.3, -0.25) is 0 Å². The molecule has 418 valence electrons. The van der Waals surface area contributed by atoms with Crippen LogP contribution >= 0.6 is 0 Å². The Hall–Kier alpha value is -8.00. The monoisotopic (exact) mass is 1090 g/mol. The third-order valence-electron chi connectivity index (χ3n) is 20.5. The summed E-state index contributed by atoms with van der Waals surface area (Å²) in [6, 6.07) is 78.8. The van der Waals surface area contributed by atoms with E-state index in [1.165, 1.54) is 190 Å². The molecule has 1 heteroatoms. The summed E-state index contributed by atoms with van der Waals surface area (Å²) in [4.78, 5) is 2.63. The van der Waals surface area contributed by atoms with E-state index in [1.807, 2.05) is 0 Å². The van der Waals surface area contributed by atoms with Crippen LogP contribution in [-0.2, 0) is 16.2 Å². The van der Waals surface area contributed by atoms with Gasteiger partial charge in [0.05, 0.1) is 0 Å². The molecule has 0 spiro atoms. The van der Waals surface area contributed by atoms with E-state index in [-0.39, 0.29) is 16.2 Å². The smallest absolute Gasteiger partial charge is 0.0468 e. The maximum atomic E-state index is 2.64. The molecule has 11 aromatic carbocycles. The van der Waals surface area contributed by atoms with Crippen LogP contribution in [0.15, 0.2) is 200 Å². The lowest BCUT2D eigenvalue weighted by atomic mass is 9.70. The van der Waals surface area contributed by atoms with Crippen molar-refractivity contribution in [3.63, 3.8) is 0 Å². The fourth-order valence-corrected chi connectivity index (χ4v) is 16.3. The number of rotatable bonds is 17. The van der Waals surface area contributed by atoms with E-state index in [0.717, 1.165) is 25.7 Å². The zero-order chi connectivity index (χ0) is 57.5. The largest absolute Gasteiger partial charge is 0.310 e. The summed E-state index contributed by atoms with van der Waals surface area (Å²) in [5, 5.41) is 7.61. The van der Waals surface area contributed by atoms with Crippen LogP contribution in [0, 0.1) is 13.8 Å². The zero-order valence-electron chi connectivity index (χ0n) is 51.0. The molecule has 11 aromatic rings. The van der Waals surface area contributed by atoms with Gasteiger partial charge in [-0.2, -0.15) is 0 Å². The van der Waals surface area contributed by atoms with Gasteiger partial charge in [0.25, 0.3) is 0 Å². The van der Waals surface area contributed by atoms with Gasteiger partial charge in [0, 0.05) is 33.3 Å². The average molecular weight is 1090 g/mol. The molecule has 0 N–H and O–H groups in total. The van der Waals surface area contributed by atoms with Crippen molar-refractivity contribution < 1.29 is 0 Å². The standard InChI is InChI=1S/C83H81N/c1-9-13-43-82(44-14-10-2)75-47-54(5)29-38-65(75)67-41-36-61(52-77(67)82)84(62-37-42-68-66-39-30-55(6)48-76(66)83(45-15-11-3,46-16-12-4)78(68)53-62)60-35-33-56-49-58(32-31-57(56)50-60)79-69-24-17-19-26-71(69)80(72-27-20-18-25-70(72)79)59-34-40-64-63-23-21-22-28-73(63)81(7,8)74(64)51-59/h17-42,47-53H,9-16,43-46H2,1-8H3. The molecule has 14 rings (SSSR count). The molecule has 3 aliphatic rings. The Labute approximate surface area is 500 Å². The average Bonchev–Trinajstić information content (AvgIpc) is 1.66. The first kappa shape index (κ1) is 54.0. The third kappa shape index (κ3) is 8.45. The maximum Gasteiger partial charge on any atom is 0.0468 e. The number of anilines is 3. The molecule has 0 unspecified atom stereocenters. The molecule has 3 aliphatic carbocycles. The van der Waals surface area contributed by atoms with Crippen molar-refractivity contribution >= 4 is 49.4 Å². The molecular weight excluding hydrogens is 1010 g/mol. The van der Waals surface area contributed by atoms with Crippen molar-refractivity contribution in [2.45, 2.75) is 149 Å². The van der Waals surface area contributed by atoms with Crippen molar-refractivity contribution in [3.05, 3.63) is 245 Å². The second-order valence-electron chi connectivity index (χ2n) is 26.0. The minimum atomic E-state index is -0.0851. The Morgan fingerprint density at radius 2 is 0.667 bits per heavy atom. The Morgan fingerprint density at radius 1 is 0.310 bits per heavy atom. The highest BCUT2D eigenvalue weighted by molar-refractivity contribution is 6.22. The maximum absolute atomic E-state index is 2.64. The molecule has 0 aliphatic heterocycles. The summed E-state index contributed by atoms with van der Waals surface area (Å²) in [6.07, 6.45) is 14.2. The molecule has 0 heterocycles. The summed E-state index contributed by atoms with van der Waals surface area (Å²) in [5.41, 5.74) is 28.7. The molecule has 84 heavy (non-hydrogen) atoms.